The molecule has 2 aliphatic carbocycles. The number of hydrogen-bond acceptors (Lipinski definition) is 7. The van der Waals surface area contributed by atoms with Gasteiger partial charge in [-0.1, -0.05) is 6.07 Å². The number of carbonyl (C=O) groups excluding carboxylic acids is 1. The summed E-state index contributed by atoms with van der Waals surface area (Å²) in [4.78, 5) is 26.0. The number of primary sulfonamides is 1. The lowest BCUT2D eigenvalue weighted by atomic mass is 10.2. The highest BCUT2D eigenvalue weighted by atomic mass is 32.2. The minimum atomic E-state index is -4.07. The summed E-state index contributed by atoms with van der Waals surface area (Å²) in [5.41, 5.74) is 3.77. The largest absolute Gasteiger partial charge is 0.487 e. The van der Waals surface area contributed by atoms with Crippen LogP contribution in [0.4, 0.5) is 5.69 Å². The lowest BCUT2D eigenvalue weighted by molar-refractivity contribution is -0.117. The van der Waals surface area contributed by atoms with Gasteiger partial charge in [-0.05, 0) is 61.9 Å². The average molecular weight is 519 g/mol. The number of pyridine rings is 1. The number of fused-ring (bicyclic) bond motifs is 1. The monoisotopic (exact) mass is 518 g/mol. The molecule has 10 nitrogen and oxygen atoms in total. The second-order valence-electron chi connectivity index (χ2n) is 9.72. The Bertz CT molecular complexity index is 1630. The predicted octanol–water partition coefficient (Wildman–Crippen LogP) is 3.28. The summed E-state index contributed by atoms with van der Waals surface area (Å²) in [7, 11) is -4.07. The fraction of sp³-hybridized carbons (Fsp3) is 0.308. The van der Waals surface area contributed by atoms with Gasteiger partial charge in [0, 0.05) is 42.2 Å². The van der Waals surface area contributed by atoms with Crippen molar-refractivity contribution in [1.29, 1.82) is 0 Å². The topological polar surface area (TPSA) is 142 Å². The highest BCUT2D eigenvalue weighted by molar-refractivity contribution is 7.89. The van der Waals surface area contributed by atoms with Crippen LogP contribution in [-0.2, 0) is 21.4 Å². The summed E-state index contributed by atoms with van der Waals surface area (Å²) >= 11 is 0. The second kappa shape index (κ2) is 8.93. The van der Waals surface area contributed by atoms with Crippen molar-refractivity contribution in [3.8, 4) is 5.75 Å². The molecule has 2 saturated carbocycles. The van der Waals surface area contributed by atoms with E-state index in [0.29, 0.717) is 23.9 Å². The fourth-order valence-electron chi connectivity index (χ4n) is 4.53. The van der Waals surface area contributed by atoms with Gasteiger partial charge in [-0.15, -0.1) is 0 Å². The molecular formula is C26H26N6O4S. The van der Waals surface area contributed by atoms with E-state index >= 15 is 0 Å². The number of nitrogens with two attached hydrogens (primary N) is 1. The lowest BCUT2D eigenvalue weighted by Crippen LogP contribution is -2.20. The van der Waals surface area contributed by atoms with Gasteiger partial charge in [0.05, 0.1) is 11.4 Å². The Labute approximate surface area is 214 Å². The van der Waals surface area contributed by atoms with E-state index in [0.717, 1.165) is 17.0 Å². The Kier molecular flexibility index (Phi) is 5.68. The van der Waals surface area contributed by atoms with E-state index in [-0.39, 0.29) is 34.9 Å². The number of aromatic nitrogens is 4. The molecule has 2 unspecified atom stereocenters. The summed E-state index contributed by atoms with van der Waals surface area (Å²) in [6, 6.07) is 10.2. The zero-order chi connectivity index (χ0) is 25.7. The van der Waals surface area contributed by atoms with Crippen LogP contribution >= 0.6 is 0 Å². The molecule has 190 valence electrons. The van der Waals surface area contributed by atoms with E-state index < -0.39 is 10.0 Å². The lowest BCUT2D eigenvalue weighted by Gasteiger charge is -2.12. The first kappa shape index (κ1) is 23.6. The number of anilines is 1. The number of imidazole rings is 1. The molecule has 3 N–H and O–H groups in total. The van der Waals surface area contributed by atoms with E-state index in [1.165, 1.54) is 36.6 Å². The Hall–Kier alpha value is -3.83. The van der Waals surface area contributed by atoms with Crippen molar-refractivity contribution in [3.05, 3.63) is 77.8 Å². The first-order chi connectivity index (χ1) is 17.7. The molecule has 0 saturated heterocycles. The molecule has 0 radical (unpaired) electrons. The van der Waals surface area contributed by atoms with Gasteiger partial charge in [-0.25, -0.2) is 28.5 Å². The number of sulfonamides is 1. The number of hydrogen-bond donors (Lipinski definition) is 2. The quantitative estimate of drug-likeness (QED) is 0.365. The molecule has 2 atom stereocenters. The van der Waals surface area contributed by atoms with E-state index in [9.17, 15) is 13.2 Å². The number of rotatable bonds is 8. The molecular weight excluding hydrogens is 492 g/mol. The number of aryl methyl sites for hydroxylation is 1. The molecule has 3 heterocycles. The van der Waals surface area contributed by atoms with Gasteiger partial charge in [0.15, 0.2) is 0 Å². The Morgan fingerprint density at radius 2 is 2.00 bits per heavy atom. The van der Waals surface area contributed by atoms with Crippen LogP contribution in [0.1, 0.15) is 53.9 Å². The van der Waals surface area contributed by atoms with Gasteiger partial charge in [0.1, 0.15) is 28.7 Å². The van der Waals surface area contributed by atoms with Gasteiger partial charge in [-0.2, -0.15) is 0 Å². The van der Waals surface area contributed by atoms with Crippen molar-refractivity contribution in [3.63, 3.8) is 0 Å². The molecule has 1 amide bonds. The first-order valence-electron chi connectivity index (χ1n) is 12.1. The van der Waals surface area contributed by atoms with E-state index in [4.69, 9.17) is 9.88 Å². The predicted molar refractivity (Wildman–Crippen MR) is 136 cm³/mol. The summed E-state index contributed by atoms with van der Waals surface area (Å²) in [5, 5.41) is 8.13. The number of benzene rings is 1. The van der Waals surface area contributed by atoms with E-state index in [2.05, 4.69) is 32.5 Å². The maximum Gasteiger partial charge on any atom is 0.240 e. The summed E-state index contributed by atoms with van der Waals surface area (Å²) in [5.74, 6) is 0.871. The number of carbonyl (C=O) groups is 1. The van der Waals surface area contributed by atoms with Gasteiger partial charge >= 0.3 is 0 Å². The van der Waals surface area contributed by atoms with Crippen LogP contribution in [0.5, 0.6) is 5.75 Å². The van der Waals surface area contributed by atoms with Crippen LogP contribution in [0.25, 0.3) is 5.65 Å². The van der Waals surface area contributed by atoms with Crippen molar-refractivity contribution < 1.29 is 17.9 Å². The molecule has 2 aliphatic rings. The van der Waals surface area contributed by atoms with Crippen LogP contribution in [0.3, 0.4) is 0 Å². The zero-order valence-corrected chi connectivity index (χ0v) is 21.0. The molecule has 11 heteroatoms. The number of amides is 1. The summed E-state index contributed by atoms with van der Waals surface area (Å²) in [6.45, 7) is 2.04. The Morgan fingerprint density at radius 3 is 2.76 bits per heavy atom. The maximum absolute atomic E-state index is 12.9. The van der Waals surface area contributed by atoms with Gasteiger partial charge in [-0.3, -0.25) is 4.79 Å². The third-order valence-corrected chi connectivity index (χ3v) is 7.72. The zero-order valence-electron chi connectivity index (χ0n) is 20.2. The van der Waals surface area contributed by atoms with Gasteiger partial charge in [0.25, 0.3) is 0 Å². The fourth-order valence-corrected chi connectivity index (χ4v) is 5.21. The second-order valence-corrected chi connectivity index (χ2v) is 11.3. The molecule has 0 bridgehead atoms. The van der Waals surface area contributed by atoms with Crippen LogP contribution in [-0.4, -0.2) is 33.7 Å². The van der Waals surface area contributed by atoms with Crippen molar-refractivity contribution in [2.75, 3.05) is 5.32 Å². The molecule has 3 aromatic heterocycles. The van der Waals surface area contributed by atoms with Crippen LogP contribution < -0.4 is 15.2 Å². The normalized spacial score (nSPS) is 19.1. The van der Waals surface area contributed by atoms with E-state index in [1.807, 2.05) is 23.6 Å². The molecule has 37 heavy (non-hydrogen) atoms. The van der Waals surface area contributed by atoms with Crippen molar-refractivity contribution >= 4 is 27.3 Å². The number of nitrogens with one attached hydrogen (secondary N) is 1. The summed E-state index contributed by atoms with van der Waals surface area (Å²) < 4.78 is 32.2. The molecule has 6 rings (SSSR count). The highest BCUT2D eigenvalue weighted by Crippen LogP contribution is 2.47. The standard InChI is InChI=1S/C26H26N6O4S/c1-15-8-9-28-25(29-15)20-11-21(20)26(33)31-22-10-19(5-6-23(22)37(27,34)35)36-14-18-13-32-12-17(16-2-3-16)4-7-24(32)30-18/h4-10,12-13,16,20-21H,2-3,11,14H2,1H3,(H,31,33)(H2,27,34,35). The van der Waals surface area contributed by atoms with Gasteiger partial charge in [0.2, 0.25) is 15.9 Å². The molecule has 0 aliphatic heterocycles. The number of ether oxygens (including phenoxy) is 1. The Balaban J connectivity index is 1.18. The average Bonchev–Trinajstić information content (AvgIpc) is 3.78. The minimum absolute atomic E-state index is 0.0740. The minimum Gasteiger partial charge on any atom is -0.487 e. The highest BCUT2D eigenvalue weighted by Gasteiger charge is 2.46. The smallest absolute Gasteiger partial charge is 0.240 e. The maximum atomic E-state index is 12.9. The SMILES string of the molecule is Cc1ccnc(C2CC2C(=O)Nc2cc(OCc3cn4cc(C5CC5)ccc4n3)ccc2S(N)(=O)=O)n1. The third kappa shape index (κ3) is 5.05. The molecule has 2 fully saturated rings. The van der Waals surface area contributed by atoms with Crippen LogP contribution in [0.2, 0.25) is 0 Å². The van der Waals surface area contributed by atoms with Crippen LogP contribution in [0.15, 0.2) is 59.9 Å². The van der Waals surface area contributed by atoms with Crippen molar-refractivity contribution in [1.82, 2.24) is 19.4 Å². The van der Waals surface area contributed by atoms with Crippen molar-refractivity contribution in [2.24, 2.45) is 11.1 Å². The number of nitrogens with zero attached hydrogens (tertiary/aromatic N) is 4. The molecule has 0 spiro atoms. The first-order valence-corrected chi connectivity index (χ1v) is 13.7. The van der Waals surface area contributed by atoms with Crippen LogP contribution in [0, 0.1) is 12.8 Å². The Morgan fingerprint density at radius 1 is 1.16 bits per heavy atom. The van der Waals surface area contributed by atoms with Crippen molar-refractivity contribution in [2.45, 2.75) is 49.5 Å². The van der Waals surface area contributed by atoms with Gasteiger partial charge < -0.3 is 14.5 Å². The molecule has 4 aromatic rings. The molecule has 1 aromatic carbocycles. The van der Waals surface area contributed by atoms with E-state index in [1.54, 1.807) is 12.3 Å². The summed E-state index contributed by atoms with van der Waals surface area (Å²) in [6.07, 6.45) is 8.73. The third-order valence-electron chi connectivity index (χ3n) is 6.75.